The quantitative estimate of drug-likeness (QED) is 0.703. The largest absolute Gasteiger partial charge is 0.382 e. The lowest BCUT2D eigenvalue weighted by Crippen LogP contribution is -2.10. The van der Waals surface area contributed by atoms with E-state index in [1.807, 2.05) is 24.3 Å². The number of rotatable bonds is 8. The fraction of sp³-hybridized carbons (Fsp3) is 0.571. The normalized spacial score (nSPS) is 10.8. The molecule has 0 radical (unpaired) electrons. The lowest BCUT2D eigenvalue weighted by Gasteiger charge is -2.09. The van der Waals surface area contributed by atoms with Crippen molar-refractivity contribution in [2.24, 2.45) is 5.92 Å². The molecule has 17 heavy (non-hydrogen) atoms. The third kappa shape index (κ3) is 6.54. The van der Waals surface area contributed by atoms with E-state index < -0.39 is 0 Å². The molecule has 0 amide bonds. The minimum atomic E-state index is 0.726. The van der Waals surface area contributed by atoms with Gasteiger partial charge in [0, 0.05) is 13.2 Å². The predicted octanol–water partition coefficient (Wildman–Crippen LogP) is 4.20. The summed E-state index contributed by atoms with van der Waals surface area (Å²) in [5.41, 5.74) is 0.972. The Kier molecular flexibility index (Phi) is 7.06. The zero-order valence-corrected chi connectivity index (χ0v) is 11.5. The summed E-state index contributed by atoms with van der Waals surface area (Å²) in [6.07, 6.45) is 2.38. The van der Waals surface area contributed by atoms with Crippen LogP contribution in [0.5, 0.6) is 0 Å². The molecule has 1 aromatic rings. The monoisotopic (exact) mass is 255 g/mol. The summed E-state index contributed by atoms with van der Waals surface area (Å²) < 4.78 is 5.54. The molecule has 0 aromatic heterocycles. The van der Waals surface area contributed by atoms with Gasteiger partial charge in [0.25, 0.3) is 0 Å². The minimum absolute atomic E-state index is 0.726. The lowest BCUT2D eigenvalue weighted by atomic mass is 10.1. The Hall–Kier alpha value is -0.730. The smallest absolute Gasteiger partial charge is 0.0639 e. The minimum Gasteiger partial charge on any atom is -0.382 e. The summed E-state index contributed by atoms with van der Waals surface area (Å²) in [4.78, 5) is 0. The van der Waals surface area contributed by atoms with Crippen LogP contribution in [0, 0.1) is 5.92 Å². The molecule has 3 heteroatoms. The lowest BCUT2D eigenvalue weighted by molar-refractivity contribution is 0.137. The second-order valence-corrected chi connectivity index (χ2v) is 4.96. The van der Waals surface area contributed by atoms with Gasteiger partial charge in [0.1, 0.15) is 0 Å². The third-order valence-corrected chi connectivity index (χ3v) is 2.84. The van der Waals surface area contributed by atoms with Crippen LogP contribution in [-0.2, 0) is 4.74 Å². The first-order chi connectivity index (χ1) is 8.20. The number of hydrogen-bond donors (Lipinski definition) is 1. The van der Waals surface area contributed by atoms with E-state index in [4.69, 9.17) is 16.3 Å². The maximum absolute atomic E-state index is 6.02. The molecule has 0 bridgehead atoms. The van der Waals surface area contributed by atoms with Crippen LogP contribution in [0.25, 0.3) is 0 Å². The van der Waals surface area contributed by atoms with Crippen LogP contribution in [-0.4, -0.2) is 19.8 Å². The van der Waals surface area contributed by atoms with Crippen molar-refractivity contribution in [3.05, 3.63) is 29.3 Å². The highest BCUT2D eigenvalue weighted by Crippen LogP contribution is 2.19. The highest BCUT2D eigenvalue weighted by atomic mass is 35.5. The van der Waals surface area contributed by atoms with Crippen molar-refractivity contribution in [1.82, 2.24) is 0 Å². The molecule has 0 aliphatic heterocycles. The number of ether oxygens (including phenoxy) is 1. The Morgan fingerprint density at radius 3 is 2.71 bits per heavy atom. The van der Waals surface area contributed by atoms with E-state index in [0.717, 1.165) is 42.8 Å². The van der Waals surface area contributed by atoms with Gasteiger partial charge in [-0.3, -0.25) is 0 Å². The molecule has 0 aliphatic carbocycles. The van der Waals surface area contributed by atoms with Gasteiger partial charge in [-0.2, -0.15) is 0 Å². The van der Waals surface area contributed by atoms with Gasteiger partial charge in [0.15, 0.2) is 0 Å². The Morgan fingerprint density at radius 2 is 2.00 bits per heavy atom. The standard InChI is InChI=1S/C14H22ClNO/c1-12(2)6-5-10-17-11-9-16-14-8-4-3-7-13(14)15/h3-4,7-8,12,16H,5-6,9-11H2,1-2H3. The maximum atomic E-state index is 6.02. The second kappa shape index (κ2) is 8.37. The number of halogens is 1. The molecule has 0 atom stereocenters. The summed E-state index contributed by atoms with van der Waals surface area (Å²) in [7, 11) is 0. The zero-order chi connectivity index (χ0) is 12.5. The van der Waals surface area contributed by atoms with Gasteiger partial charge in [-0.1, -0.05) is 37.6 Å². The van der Waals surface area contributed by atoms with Gasteiger partial charge < -0.3 is 10.1 Å². The highest BCUT2D eigenvalue weighted by molar-refractivity contribution is 6.33. The fourth-order valence-corrected chi connectivity index (χ4v) is 1.76. The second-order valence-electron chi connectivity index (χ2n) is 4.56. The highest BCUT2D eigenvalue weighted by Gasteiger charge is 1.97. The molecule has 1 aromatic carbocycles. The average molecular weight is 256 g/mol. The summed E-state index contributed by atoms with van der Waals surface area (Å²) in [5, 5.41) is 4.01. The van der Waals surface area contributed by atoms with E-state index in [-0.39, 0.29) is 0 Å². The Morgan fingerprint density at radius 1 is 1.24 bits per heavy atom. The van der Waals surface area contributed by atoms with E-state index in [1.54, 1.807) is 0 Å². The SMILES string of the molecule is CC(C)CCCOCCNc1ccccc1Cl. The first-order valence-corrected chi connectivity index (χ1v) is 6.64. The van der Waals surface area contributed by atoms with Crippen molar-refractivity contribution in [3.8, 4) is 0 Å². The van der Waals surface area contributed by atoms with E-state index in [1.165, 1.54) is 6.42 Å². The number of para-hydroxylation sites is 1. The van der Waals surface area contributed by atoms with Gasteiger partial charge in [-0.05, 0) is 30.9 Å². The first kappa shape index (κ1) is 14.3. The van der Waals surface area contributed by atoms with Crippen molar-refractivity contribution < 1.29 is 4.74 Å². The topological polar surface area (TPSA) is 21.3 Å². The maximum Gasteiger partial charge on any atom is 0.0639 e. The molecule has 1 rings (SSSR count). The summed E-state index contributed by atoms with van der Waals surface area (Å²) >= 11 is 6.02. The molecule has 0 saturated heterocycles. The molecule has 1 N–H and O–H groups in total. The van der Waals surface area contributed by atoms with Gasteiger partial charge in [0.05, 0.1) is 17.3 Å². The van der Waals surface area contributed by atoms with Crippen LogP contribution in [0.3, 0.4) is 0 Å². The van der Waals surface area contributed by atoms with Crippen molar-refractivity contribution in [2.45, 2.75) is 26.7 Å². The zero-order valence-electron chi connectivity index (χ0n) is 10.7. The predicted molar refractivity (Wildman–Crippen MR) is 74.8 cm³/mol. The van der Waals surface area contributed by atoms with E-state index >= 15 is 0 Å². The van der Waals surface area contributed by atoms with Crippen LogP contribution in [0.1, 0.15) is 26.7 Å². The van der Waals surface area contributed by atoms with Crippen molar-refractivity contribution >= 4 is 17.3 Å². The molecular weight excluding hydrogens is 234 g/mol. The van der Waals surface area contributed by atoms with Crippen molar-refractivity contribution in [2.75, 3.05) is 25.1 Å². The average Bonchev–Trinajstić information content (AvgIpc) is 2.30. The van der Waals surface area contributed by atoms with E-state index in [2.05, 4.69) is 19.2 Å². The summed E-state index contributed by atoms with van der Waals surface area (Å²) in [5.74, 6) is 0.764. The van der Waals surface area contributed by atoms with Gasteiger partial charge >= 0.3 is 0 Å². The molecule has 0 saturated carbocycles. The van der Waals surface area contributed by atoms with Gasteiger partial charge in [0.2, 0.25) is 0 Å². The fourth-order valence-electron chi connectivity index (χ4n) is 1.56. The van der Waals surface area contributed by atoms with Crippen LogP contribution in [0.15, 0.2) is 24.3 Å². The Labute approximate surface area is 109 Å². The molecule has 0 spiro atoms. The molecule has 96 valence electrons. The molecule has 0 aliphatic rings. The first-order valence-electron chi connectivity index (χ1n) is 6.26. The third-order valence-electron chi connectivity index (χ3n) is 2.51. The van der Waals surface area contributed by atoms with Crippen LogP contribution in [0.2, 0.25) is 5.02 Å². The number of anilines is 1. The van der Waals surface area contributed by atoms with Gasteiger partial charge in [-0.15, -0.1) is 0 Å². The van der Waals surface area contributed by atoms with Crippen molar-refractivity contribution in [1.29, 1.82) is 0 Å². The number of hydrogen-bond acceptors (Lipinski definition) is 2. The Balaban J connectivity index is 2.03. The van der Waals surface area contributed by atoms with Gasteiger partial charge in [-0.25, -0.2) is 0 Å². The van der Waals surface area contributed by atoms with Crippen LogP contribution in [0.4, 0.5) is 5.69 Å². The Bertz CT molecular complexity index is 315. The summed E-state index contributed by atoms with van der Waals surface area (Å²) in [6.45, 7) is 6.84. The summed E-state index contributed by atoms with van der Waals surface area (Å²) in [6, 6.07) is 7.75. The molecule has 2 nitrogen and oxygen atoms in total. The van der Waals surface area contributed by atoms with E-state index in [0.29, 0.717) is 0 Å². The number of benzene rings is 1. The molecular formula is C14H22ClNO. The molecule has 0 fully saturated rings. The van der Waals surface area contributed by atoms with Crippen molar-refractivity contribution in [3.63, 3.8) is 0 Å². The number of nitrogens with one attached hydrogen (secondary N) is 1. The van der Waals surface area contributed by atoms with E-state index in [9.17, 15) is 0 Å². The molecule has 0 unspecified atom stereocenters. The van der Waals surface area contributed by atoms with Crippen LogP contribution < -0.4 is 5.32 Å². The molecule has 0 heterocycles. The van der Waals surface area contributed by atoms with Crippen LogP contribution >= 0.6 is 11.6 Å².